The van der Waals surface area contributed by atoms with Crippen LogP contribution in [0.1, 0.15) is 57.9 Å². The second-order valence-corrected chi connectivity index (χ2v) is 14.8. The second kappa shape index (κ2) is 16.8. The van der Waals surface area contributed by atoms with Crippen molar-refractivity contribution in [1.29, 1.82) is 0 Å². The summed E-state index contributed by atoms with van der Waals surface area (Å²) < 4.78 is 7.29. The summed E-state index contributed by atoms with van der Waals surface area (Å²) >= 11 is 0. The highest BCUT2D eigenvalue weighted by Crippen LogP contribution is 2.27. The molecule has 16 heteroatoms. The molecule has 16 nitrogen and oxygen atoms in total. The molecule has 6 amide bonds. The quantitative estimate of drug-likeness (QED) is 0.312. The molecule has 0 aliphatic carbocycles. The standard InChI is InChI=1S/C37H51N9O7/c1-23-18-30-36(51)53-22-28(39-32(47)27(19-25-10-5-4-6-11-25)40-37(52)41-31-14-17-43(3)42-31)34(49)45-16-9-13-29(45)35(50)44-15-8-7-12-26(44)20-38-24(2)33(48)46(30)21-23/h4-6,10-11,14,17,23-24,26-30,38H,7-9,12-13,15-16,18-22H2,1-3H3,(H,39,47)(H2,40,41,42,52)/t23-,24+,26+,27+,28+,29+,30+/m1/s1. The molecule has 5 heterocycles. The van der Waals surface area contributed by atoms with E-state index in [2.05, 4.69) is 26.4 Å². The molecule has 4 N–H and O–H groups in total. The van der Waals surface area contributed by atoms with Crippen LogP contribution >= 0.6 is 0 Å². The minimum Gasteiger partial charge on any atom is -0.461 e. The van der Waals surface area contributed by atoms with Crippen molar-refractivity contribution in [3.05, 3.63) is 48.2 Å². The smallest absolute Gasteiger partial charge is 0.328 e. The number of carbonyl (C=O) groups excluding carboxylic acids is 6. The molecule has 0 saturated carbocycles. The number of rotatable bonds is 6. The lowest BCUT2D eigenvalue weighted by Gasteiger charge is -2.40. The third-order valence-electron chi connectivity index (χ3n) is 10.7. The van der Waals surface area contributed by atoms with Crippen LogP contribution in [0.15, 0.2) is 42.6 Å². The highest BCUT2D eigenvalue weighted by molar-refractivity contribution is 5.97. The number of anilines is 1. The Hall–Kier alpha value is -4.99. The average Bonchev–Trinajstić information content (AvgIpc) is 3.91. The molecule has 4 aliphatic heterocycles. The molecule has 286 valence electrons. The van der Waals surface area contributed by atoms with E-state index in [0.29, 0.717) is 45.4 Å². The van der Waals surface area contributed by atoms with Crippen molar-refractivity contribution in [3.63, 3.8) is 0 Å². The van der Waals surface area contributed by atoms with Crippen molar-refractivity contribution in [1.82, 2.24) is 40.4 Å². The number of urea groups is 1. The molecule has 53 heavy (non-hydrogen) atoms. The Morgan fingerprint density at radius 2 is 1.70 bits per heavy atom. The normalized spacial score (nSPS) is 27.7. The Morgan fingerprint density at radius 3 is 2.45 bits per heavy atom. The maximum absolute atomic E-state index is 14.5. The van der Waals surface area contributed by atoms with Crippen LogP contribution in [0.2, 0.25) is 0 Å². The SMILES string of the molecule is C[C@@H]1C[C@H]2C(=O)OC[C@H](NC(=O)[C@H](Cc3ccccc3)NC(=O)Nc3ccn(C)n3)C(=O)N3CCC[C@H]3C(=O)N3CCCC[C@H]3CN[C@@H](C)C(=O)N2C1. The number of esters is 1. The van der Waals surface area contributed by atoms with Gasteiger partial charge in [-0.05, 0) is 56.9 Å². The lowest BCUT2D eigenvalue weighted by molar-refractivity contribution is -0.157. The van der Waals surface area contributed by atoms with Crippen molar-refractivity contribution < 1.29 is 33.5 Å². The number of carbonyl (C=O) groups is 6. The van der Waals surface area contributed by atoms with Gasteiger partial charge in [-0.2, -0.15) is 5.10 Å². The van der Waals surface area contributed by atoms with Crippen LogP contribution in [-0.4, -0.2) is 129 Å². The molecule has 0 unspecified atom stereocenters. The number of hydrogen-bond donors (Lipinski definition) is 4. The van der Waals surface area contributed by atoms with Gasteiger partial charge in [-0.25, -0.2) is 9.59 Å². The van der Waals surface area contributed by atoms with Crippen LogP contribution in [0.3, 0.4) is 0 Å². The number of amides is 6. The van der Waals surface area contributed by atoms with E-state index in [-0.39, 0.29) is 36.0 Å². The van der Waals surface area contributed by atoms with Crippen molar-refractivity contribution in [3.8, 4) is 0 Å². The maximum atomic E-state index is 14.5. The summed E-state index contributed by atoms with van der Waals surface area (Å²) in [6.07, 6.45) is 5.73. The number of hydrogen-bond acceptors (Lipinski definition) is 9. The highest BCUT2D eigenvalue weighted by atomic mass is 16.5. The first-order chi connectivity index (χ1) is 25.5. The first-order valence-corrected chi connectivity index (χ1v) is 18.7. The zero-order valence-corrected chi connectivity index (χ0v) is 30.7. The molecule has 0 radical (unpaired) electrons. The summed E-state index contributed by atoms with van der Waals surface area (Å²) in [4.78, 5) is 88.1. The molecule has 4 saturated heterocycles. The van der Waals surface area contributed by atoms with E-state index >= 15 is 0 Å². The monoisotopic (exact) mass is 733 g/mol. The molecule has 7 atom stereocenters. The lowest BCUT2D eigenvalue weighted by atomic mass is 9.99. The number of nitrogens with one attached hydrogen (secondary N) is 4. The Morgan fingerprint density at radius 1 is 0.925 bits per heavy atom. The van der Waals surface area contributed by atoms with Gasteiger partial charge in [0.05, 0.1) is 6.04 Å². The van der Waals surface area contributed by atoms with E-state index in [1.165, 1.54) is 14.5 Å². The average molecular weight is 734 g/mol. The van der Waals surface area contributed by atoms with E-state index in [4.69, 9.17) is 4.74 Å². The van der Waals surface area contributed by atoms with E-state index < -0.39 is 60.6 Å². The number of ether oxygens (including phenoxy) is 1. The summed E-state index contributed by atoms with van der Waals surface area (Å²) in [5.74, 6) is -1.99. The highest BCUT2D eigenvalue weighted by Gasteiger charge is 2.44. The van der Waals surface area contributed by atoms with E-state index in [1.54, 1.807) is 26.2 Å². The lowest BCUT2D eigenvalue weighted by Crippen LogP contribution is -2.61. The Kier molecular flexibility index (Phi) is 12.0. The molecule has 0 spiro atoms. The zero-order valence-electron chi connectivity index (χ0n) is 30.7. The number of cyclic esters (lactones) is 1. The number of aryl methyl sites for hydroxylation is 1. The predicted octanol–water partition coefficient (Wildman–Crippen LogP) is 0.782. The minimum absolute atomic E-state index is 0.0433. The second-order valence-electron chi connectivity index (χ2n) is 14.8. The molecule has 2 aromatic rings. The van der Waals surface area contributed by atoms with Gasteiger partial charge in [0.15, 0.2) is 5.82 Å². The molecule has 1 aromatic heterocycles. The van der Waals surface area contributed by atoms with Crippen LogP contribution in [0, 0.1) is 5.92 Å². The van der Waals surface area contributed by atoms with Gasteiger partial charge >= 0.3 is 12.0 Å². The third-order valence-corrected chi connectivity index (χ3v) is 10.7. The number of piperidine rings is 1. The molecule has 4 fully saturated rings. The van der Waals surface area contributed by atoms with Crippen molar-refractivity contribution >= 4 is 41.4 Å². The van der Waals surface area contributed by atoms with Crippen LogP contribution in [0.5, 0.6) is 0 Å². The number of benzene rings is 1. The van der Waals surface area contributed by atoms with Crippen molar-refractivity contribution in [2.45, 2.75) is 95.0 Å². The Balaban J connectivity index is 1.28. The molecule has 1 aromatic carbocycles. The summed E-state index contributed by atoms with van der Waals surface area (Å²) in [6, 6.07) is 5.16. The van der Waals surface area contributed by atoms with Gasteiger partial charge in [0.1, 0.15) is 30.8 Å². The van der Waals surface area contributed by atoms with Gasteiger partial charge in [-0.1, -0.05) is 37.3 Å². The summed E-state index contributed by atoms with van der Waals surface area (Å²) in [5, 5.41) is 15.6. The van der Waals surface area contributed by atoms with Gasteiger partial charge in [0.2, 0.25) is 23.6 Å². The molecule has 0 bridgehead atoms. The van der Waals surface area contributed by atoms with Gasteiger partial charge in [0.25, 0.3) is 0 Å². The fourth-order valence-corrected chi connectivity index (χ4v) is 7.90. The first kappa shape index (κ1) is 37.8. The fourth-order valence-electron chi connectivity index (χ4n) is 7.90. The molecular weight excluding hydrogens is 682 g/mol. The van der Waals surface area contributed by atoms with Crippen LogP contribution in [0.25, 0.3) is 0 Å². The summed E-state index contributed by atoms with van der Waals surface area (Å²) in [5.41, 5.74) is 0.756. The topological polar surface area (TPSA) is 187 Å². The largest absolute Gasteiger partial charge is 0.461 e. The van der Waals surface area contributed by atoms with Crippen LogP contribution < -0.4 is 21.3 Å². The van der Waals surface area contributed by atoms with Gasteiger partial charge in [-0.15, -0.1) is 0 Å². The Labute approximate surface area is 309 Å². The minimum atomic E-state index is -1.37. The van der Waals surface area contributed by atoms with E-state index in [1.807, 2.05) is 42.2 Å². The van der Waals surface area contributed by atoms with Crippen molar-refractivity contribution in [2.24, 2.45) is 13.0 Å². The number of nitrogens with zero attached hydrogens (tertiary/aromatic N) is 5. The van der Waals surface area contributed by atoms with Gasteiger partial charge < -0.3 is 35.4 Å². The third kappa shape index (κ3) is 8.98. The molecular formula is C37H51N9O7. The van der Waals surface area contributed by atoms with E-state index in [0.717, 1.165) is 24.8 Å². The maximum Gasteiger partial charge on any atom is 0.328 e. The number of aromatic nitrogens is 2. The number of fused-ring (bicyclic) bond motifs is 3. The Bertz CT molecular complexity index is 1670. The fraction of sp³-hybridized carbons (Fsp3) is 0.595. The molecule has 6 rings (SSSR count). The van der Waals surface area contributed by atoms with Crippen LogP contribution in [0.4, 0.5) is 10.6 Å². The first-order valence-electron chi connectivity index (χ1n) is 18.7. The van der Waals surface area contributed by atoms with Gasteiger partial charge in [0, 0.05) is 58.0 Å². The summed E-state index contributed by atoms with van der Waals surface area (Å²) in [6.45, 7) is 4.83. The van der Waals surface area contributed by atoms with Gasteiger partial charge in [-0.3, -0.25) is 29.2 Å². The molecule has 4 aliphatic rings. The zero-order chi connectivity index (χ0) is 37.6. The van der Waals surface area contributed by atoms with E-state index in [9.17, 15) is 28.8 Å². The predicted molar refractivity (Wildman–Crippen MR) is 193 cm³/mol. The van der Waals surface area contributed by atoms with Crippen LogP contribution in [-0.2, 0) is 42.2 Å². The van der Waals surface area contributed by atoms with Crippen molar-refractivity contribution in [2.75, 3.05) is 38.1 Å². The summed E-state index contributed by atoms with van der Waals surface area (Å²) in [7, 11) is 1.71.